The summed E-state index contributed by atoms with van der Waals surface area (Å²) in [6.07, 6.45) is -2.72. The predicted molar refractivity (Wildman–Crippen MR) is 187 cm³/mol. The molecule has 0 bridgehead atoms. The minimum atomic E-state index is -1.91. The Hall–Kier alpha value is -4.86. The number of amides is 1. The van der Waals surface area contributed by atoms with E-state index in [4.69, 9.17) is 24.7 Å². The number of carbonyl (C=O) groups is 3. The third-order valence-electron chi connectivity index (χ3n) is 10.0. The van der Waals surface area contributed by atoms with E-state index in [1.165, 1.54) is 32.2 Å². The number of hydrazone groups is 1. The average molecular weight is 718 g/mol. The number of aliphatic hydroxyl groups excluding tert-OH is 1. The van der Waals surface area contributed by atoms with Gasteiger partial charge < -0.3 is 45.1 Å². The number of rotatable bonds is 10. The summed E-state index contributed by atoms with van der Waals surface area (Å²) in [5, 5.41) is 50.3. The third-order valence-corrected chi connectivity index (χ3v) is 10.0. The Labute approximate surface area is 300 Å². The van der Waals surface area contributed by atoms with Crippen molar-refractivity contribution in [3.05, 3.63) is 81.4 Å². The molecular formula is C38H43N3O11. The number of nitrogens with one attached hydrogen (secondary N) is 1. The smallest absolute Gasteiger partial charge is 0.271 e. The van der Waals surface area contributed by atoms with Gasteiger partial charge in [0.05, 0.1) is 54.4 Å². The number of fused-ring (bicyclic) bond motifs is 3. The molecule has 0 radical (unpaired) electrons. The van der Waals surface area contributed by atoms with E-state index < -0.39 is 76.3 Å². The number of carbonyl (C=O) groups excluding carboxylic acids is 3. The molecule has 3 aromatic rings. The number of ketones is 2. The van der Waals surface area contributed by atoms with Crippen molar-refractivity contribution < 1.29 is 53.8 Å². The van der Waals surface area contributed by atoms with Gasteiger partial charge in [-0.2, -0.15) is 5.10 Å². The molecule has 0 spiro atoms. The lowest BCUT2D eigenvalue weighted by molar-refractivity contribution is -0.245. The maximum Gasteiger partial charge on any atom is 0.271 e. The monoisotopic (exact) mass is 717 g/mol. The molecule has 1 aliphatic heterocycles. The molecule has 6 rings (SSSR count). The van der Waals surface area contributed by atoms with Crippen LogP contribution in [0, 0.1) is 0 Å². The first-order valence-electron chi connectivity index (χ1n) is 17.2. The molecular weight excluding hydrogens is 674 g/mol. The number of aliphatic hydroxyl groups is 2. The lowest BCUT2D eigenvalue weighted by Gasteiger charge is -2.42. The van der Waals surface area contributed by atoms with Crippen LogP contribution in [0.5, 0.6) is 23.0 Å². The maximum absolute atomic E-state index is 14.0. The number of hydrogen-bond acceptors (Lipinski definition) is 13. The Morgan fingerprint density at radius 1 is 1.08 bits per heavy atom. The zero-order valence-corrected chi connectivity index (χ0v) is 29.3. The second-order valence-corrected chi connectivity index (χ2v) is 13.4. The van der Waals surface area contributed by atoms with Crippen LogP contribution in [0.2, 0.25) is 0 Å². The third kappa shape index (κ3) is 6.63. The molecule has 1 saturated heterocycles. The molecule has 0 aromatic heterocycles. The van der Waals surface area contributed by atoms with Gasteiger partial charge in [-0.05, 0) is 50.6 Å². The number of hydrogen-bond donors (Lipinski definition) is 6. The van der Waals surface area contributed by atoms with Crippen molar-refractivity contribution in [1.29, 1.82) is 0 Å². The molecule has 0 unspecified atom stereocenters. The highest BCUT2D eigenvalue weighted by Crippen LogP contribution is 2.52. The molecule has 276 valence electrons. The van der Waals surface area contributed by atoms with Gasteiger partial charge in [-0.15, -0.1) is 0 Å². The summed E-state index contributed by atoms with van der Waals surface area (Å²) in [6.45, 7) is 5.71. The van der Waals surface area contributed by atoms with Gasteiger partial charge in [0.2, 0.25) is 5.78 Å². The highest BCUT2D eigenvalue weighted by Gasteiger charge is 2.49. The van der Waals surface area contributed by atoms with Gasteiger partial charge in [-0.3, -0.25) is 14.4 Å². The second kappa shape index (κ2) is 14.6. The number of phenolic OH excluding ortho intramolecular Hbond substituents is 2. The van der Waals surface area contributed by atoms with E-state index in [1.54, 1.807) is 31.2 Å². The fourth-order valence-corrected chi connectivity index (χ4v) is 7.01. The molecule has 1 amide bonds. The Bertz CT molecular complexity index is 1920. The van der Waals surface area contributed by atoms with Crippen molar-refractivity contribution in [2.24, 2.45) is 10.8 Å². The van der Waals surface area contributed by atoms with E-state index in [-0.39, 0.29) is 58.5 Å². The van der Waals surface area contributed by atoms with Crippen molar-refractivity contribution >= 4 is 23.2 Å². The van der Waals surface area contributed by atoms with Gasteiger partial charge in [-0.1, -0.05) is 25.5 Å². The van der Waals surface area contributed by atoms with Gasteiger partial charge >= 0.3 is 0 Å². The van der Waals surface area contributed by atoms with Crippen LogP contribution in [-0.4, -0.2) is 87.5 Å². The summed E-state index contributed by atoms with van der Waals surface area (Å²) in [7, 11) is 1.34. The van der Waals surface area contributed by atoms with E-state index in [0.29, 0.717) is 12.4 Å². The Morgan fingerprint density at radius 2 is 1.79 bits per heavy atom. The molecule has 3 aromatic carbocycles. The summed E-state index contributed by atoms with van der Waals surface area (Å²) >= 11 is 0. The number of nitrogens with zero attached hydrogens (tertiary/aromatic N) is 1. The number of methoxy groups -OCH3 is 1. The second-order valence-electron chi connectivity index (χ2n) is 13.4. The van der Waals surface area contributed by atoms with Gasteiger partial charge in [0.25, 0.3) is 5.91 Å². The SMILES string of the molecule is CCCCOc1ccc(C(=O)N/N=C(\C)[C@]2(O)Cc3c(O)c4c(c(O)c3[C@@H](O[C@H]3C[C@H](N)[C@H](O)[C@H](C)O3)C2)C(=O)c2c(OC)cccc2C4=O)cc1. The maximum atomic E-state index is 14.0. The van der Waals surface area contributed by atoms with Crippen LogP contribution in [0.15, 0.2) is 47.6 Å². The van der Waals surface area contributed by atoms with Gasteiger partial charge in [-0.25, -0.2) is 5.43 Å². The first-order valence-corrected chi connectivity index (χ1v) is 17.2. The van der Waals surface area contributed by atoms with E-state index in [1.807, 2.05) is 0 Å². The number of ether oxygens (including phenoxy) is 4. The number of unbranched alkanes of at least 4 members (excludes halogenated alkanes) is 1. The van der Waals surface area contributed by atoms with Crippen LogP contribution in [0.25, 0.3) is 0 Å². The van der Waals surface area contributed by atoms with E-state index >= 15 is 0 Å². The Balaban J connectivity index is 1.37. The quantitative estimate of drug-likeness (QED) is 0.0602. The summed E-state index contributed by atoms with van der Waals surface area (Å²) in [6, 6.07) is 10.2. The van der Waals surface area contributed by atoms with Crippen LogP contribution in [0.4, 0.5) is 0 Å². The molecule has 1 heterocycles. The molecule has 3 aliphatic rings. The van der Waals surface area contributed by atoms with Crippen molar-refractivity contribution in [3.63, 3.8) is 0 Å². The van der Waals surface area contributed by atoms with Crippen molar-refractivity contribution in [2.75, 3.05) is 13.7 Å². The molecule has 14 nitrogen and oxygen atoms in total. The van der Waals surface area contributed by atoms with E-state index in [9.17, 15) is 34.8 Å². The zero-order valence-electron chi connectivity index (χ0n) is 29.3. The number of aromatic hydroxyl groups is 2. The zero-order chi connectivity index (χ0) is 37.5. The fourth-order valence-electron chi connectivity index (χ4n) is 7.01. The lowest BCUT2D eigenvalue weighted by Crippen LogP contribution is -2.52. The number of benzene rings is 3. The standard InChI is InChI=1S/C38H43N3O11/c1-5-6-14-50-21-12-10-20(11-13-21)37(47)41-40-19(3)38(48)16-23-29(26(17-38)52-27-15-24(39)32(42)18(2)51-27)36(46)31-30(34(23)44)33(43)22-8-7-9-25(49-4)28(22)35(31)45/h7-13,18,24,26-27,32,42,44,46,48H,5-6,14-17,39H2,1-4H3,(H,41,47)/b40-19+/t18-,24-,26-,27-,32+,38-/m0/s1. The molecule has 2 aliphatic carbocycles. The van der Waals surface area contributed by atoms with E-state index in [0.717, 1.165) is 12.8 Å². The summed E-state index contributed by atoms with van der Waals surface area (Å²) in [5.74, 6) is -2.53. The lowest BCUT2D eigenvalue weighted by atomic mass is 9.71. The Morgan fingerprint density at radius 3 is 2.46 bits per heavy atom. The van der Waals surface area contributed by atoms with Crippen molar-refractivity contribution in [1.82, 2.24) is 5.43 Å². The molecule has 1 fully saturated rings. The van der Waals surface area contributed by atoms with Gasteiger partial charge in [0.1, 0.15) is 28.6 Å². The van der Waals surface area contributed by atoms with Gasteiger partial charge in [0.15, 0.2) is 12.1 Å². The number of nitrogens with two attached hydrogens (primary N) is 1. The average Bonchev–Trinajstić information content (AvgIpc) is 3.12. The first kappa shape index (κ1) is 36.9. The molecule has 14 heteroatoms. The molecule has 0 saturated carbocycles. The van der Waals surface area contributed by atoms with Gasteiger partial charge in [0, 0.05) is 47.6 Å². The number of phenols is 2. The largest absolute Gasteiger partial charge is 0.507 e. The molecule has 52 heavy (non-hydrogen) atoms. The van der Waals surface area contributed by atoms with Crippen LogP contribution in [0.3, 0.4) is 0 Å². The highest BCUT2D eigenvalue weighted by atomic mass is 16.7. The minimum absolute atomic E-state index is 0.0245. The van der Waals surface area contributed by atoms with Crippen LogP contribution in [0.1, 0.15) is 106 Å². The van der Waals surface area contributed by atoms with Crippen LogP contribution >= 0.6 is 0 Å². The summed E-state index contributed by atoms with van der Waals surface area (Å²) < 4.78 is 23.2. The van der Waals surface area contributed by atoms with Crippen molar-refractivity contribution in [3.8, 4) is 23.0 Å². The normalized spacial score (nSPS) is 25.5. The summed E-state index contributed by atoms with van der Waals surface area (Å²) in [4.78, 5) is 40.9. The van der Waals surface area contributed by atoms with Crippen molar-refractivity contribution in [2.45, 2.75) is 89.1 Å². The van der Waals surface area contributed by atoms with Crippen LogP contribution < -0.4 is 20.6 Å². The van der Waals surface area contributed by atoms with Crippen LogP contribution in [-0.2, 0) is 15.9 Å². The molecule has 7 N–H and O–H groups in total. The fraction of sp³-hybridized carbons (Fsp3) is 0.421. The predicted octanol–water partition coefficient (Wildman–Crippen LogP) is 3.42. The minimum Gasteiger partial charge on any atom is -0.507 e. The first-order chi connectivity index (χ1) is 24.8. The highest BCUT2D eigenvalue weighted by molar-refractivity contribution is 6.31. The Kier molecular flexibility index (Phi) is 10.4. The topological polar surface area (TPSA) is 219 Å². The summed E-state index contributed by atoms with van der Waals surface area (Å²) in [5.41, 5.74) is 5.97. The molecule has 6 atom stereocenters. The van der Waals surface area contributed by atoms with E-state index in [2.05, 4.69) is 17.5 Å².